The molecule has 0 spiro atoms. The lowest BCUT2D eigenvalue weighted by atomic mass is 10.2. The number of anilines is 1. The van der Waals surface area contributed by atoms with Crippen LogP contribution in [0, 0.1) is 0 Å². The number of nitrogens with two attached hydrogens (primary N) is 1. The van der Waals surface area contributed by atoms with Crippen LogP contribution in [0.25, 0.3) is 0 Å². The molecule has 2 N–H and O–H groups in total. The average molecular weight is 235 g/mol. The smallest absolute Gasteiger partial charge is 0.383 e. The molecule has 0 amide bonds. The third-order valence-electron chi connectivity index (χ3n) is 2.01. The fourth-order valence-electron chi connectivity index (χ4n) is 1.39. The number of fused-ring (bicyclic) bond motifs is 1. The minimum absolute atomic E-state index is 0.184. The second-order valence-electron chi connectivity index (χ2n) is 3.24. The number of halogens is 3. The summed E-state index contributed by atoms with van der Waals surface area (Å²) in [6.07, 6.45) is -5.40. The van der Waals surface area contributed by atoms with Crippen molar-refractivity contribution in [3.05, 3.63) is 17.1 Å². The van der Waals surface area contributed by atoms with Crippen molar-refractivity contribution >= 4 is 17.6 Å². The fourth-order valence-corrected chi connectivity index (χ4v) is 2.44. The molecule has 0 unspecified atom stereocenters. The summed E-state index contributed by atoms with van der Waals surface area (Å²) in [5, 5.41) is 0. The second kappa shape index (κ2) is 3.55. The zero-order chi connectivity index (χ0) is 11.1. The molecule has 0 saturated carbocycles. The Morgan fingerprint density at radius 1 is 1.27 bits per heavy atom. The van der Waals surface area contributed by atoms with Crippen molar-refractivity contribution in [2.45, 2.75) is 24.1 Å². The number of rotatable bonds is 1. The molecule has 2 rings (SSSR count). The summed E-state index contributed by atoms with van der Waals surface area (Å²) < 4.78 is 36.3. The molecule has 1 aromatic rings. The van der Waals surface area contributed by atoms with Crippen LogP contribution in [0.2, 0.25) is 0 Å². The van der Waals surface area contributed by atoms with E-state index in [0.29, 0.717) is 17.2 Å². The average Bonchev–Trinajstić information content (AvgIpc) is 2.48. The zero-order valence-electron chi connectivity index (χ0n) is 7.64. The van der Waals surface area contributed by atoms with Crippen molar-refractivity contribution in [3.63, 3.8) is 0 Å². The van der Waals surface area contributed by atoms with Gasteiger partial charge in [-0.05, 0) is 0 Å². The monoisotopic (exact) mass is 235 g/mol. The van der Waals surface area contributed by atoms with Crippen LogP contribution < -0.4 is 5.73 Å². The quantitative estimate of drug-likeness (QED) is 0.807. The van der Waals surface area contributed by atoms with Crippen LogP contribution in [-0.2, 0) is 17.9 Å². The molecule has 0 fully saturated rings. The highest BCUT2D eigenvalue weighted by atomic mass is 32.2. The van der Waals surface area contributed by atoms with Gasteiger partial charge in [0, 0.05) is 17.1 Å². The standard InChI is InChI=1S/C8H8F3N3S/c9-8(10,11)1-6-13-5-3-15-2-4(5)7(12)14-6/h1-3H2,(H2,12,13,14). The Labute approximate surface area is 88.3 Å². The van der Waals surface area contributed by atoms with Crippen LogP contribution in [0.15, 0.2) is 0 Å². The van der Waals surface area contributed by atoms with Gasteiger partial charge in [0.15, 0.2) is 0 Å². The molecule has 1 aliphatic heterocycles. The van der Waals surface area contributed by atoms with Gasteiger partial charge in [0.05, 0.1) is 5.69 Å². The molecule has 0 atom stereocenters. The molecule has 15 heavy (non-hydrogen) atoms. The first kappa shape index (κ1) is 10.5. The van der Waals surface area contributed by atoms with Crippen LogP contribution in [-0.4, -0.2) is 16.1 Å². The Balaban J connectivity index is 2.32. The molecule has 0 saturated heterocycles. The molecule has 0 radical (unpaired) electrons. The van der Waals surface area contributed by atoms with Gasteiger partial charge in [-0.25, -0.2) is 9.97 Å². The topological polar surface area (TPSA) is 51.8 Å². The van der Waals surface area contributed by atoms with E-state index >= 15 is 0 Å². The van der Waals surface area contributed by atoms with Crippen molar-refractivity contribution in [1.29, 1.82) is 0 Å². The first-order valence-corrected chi connectivity index (χ1v) is 5.40. The molecular formula is C8H8F3N3S. The number of hydrogen-bond acceptors (Lipinski definition) is 4. The summed E-state index contributed by atoms with van der Waals surface area (Å²) in [6.45, 7) is 0. The molecule has 7 heteroatoms. The van der Waals surface area contributed by atoms with Gasteiger partial charge in [0.1, 0.15) is 18.1 Å². The van der Waals surface area contributed by atoms with E-state index in [0.717, 1.165) is 5.56 Å². The van der Waals surface area contributed by atoms with Gasteiger partial charge >= 0.3 is 6.18 Å². The van der Waals surface area contributed by atoms with Crippen LogP contribution in [0.4, 0.5) is 19.0 Å². The fraction of sp³-hybridized carbons (Fsp3) is 0.500. The Morgan fingerprint density at radius 2 is 2.00 bits per heavy atom. The van der Waals surface area contributed by atoms with Gasteiger partial charge in [-0.3, -0.25) is 0 Å². The number of thioether (sulfide) groups is 1. The third kappa shape index (κ3) is 2.34. The number of alkyl halides is 3. The van der Waals surface area contributed by atoms with Crippen molar-refractivity contribution in [3.8, 4) is 0 Å². The zero-order valence-corrected chi connectivity index (χ0v) is 8.45. The lowest BCUT2D eigenvalue weighted by Gasteiger charge is -2.08. The maximum Gasteiger partial charge on any atom is 0.396 e. The summed E-state index contributed by atoms with van der Waals surface area (Å²) in [6, 6.07) is 0. The van der Waals surface area contributed by atoms with E-state index in [1.54, 1.807) is 11.8 Å². The Bertz CT molecular complexity index is 391. The summed E-state index contributed by atoms with van der Waals surface area (Å²) in [5.74, 6) is 1.26. The van der Waals surface area contributed by atoms with Crippen LogP contribution in [0.1, 0.15) is 17.1 Å². The largest absolute Gasteiger partial charge is 0.396 e. The SMILES string of the molecule is Nc1nc(CC(F)(F)F)nc2c1CSC2. The van der Waals surface area contributed by atoms with Crippen molar-refractivity contribution in [2.24, 2.45) is 0 Å². The molecule has 2 heterocycles. The second-order valence-corrected chi connectivity index (χ2v) is 4.22. The molecule has 0 aliphatic carbocycles. The summed E-state index contributed by atoms with van der Waals surface area (Å²) in [7, 11) is 0. The van der Waals surface area contributed by atoms with Crippen molar-refractivity contribution in [1.82, 2.24) is 9.97 Å². The maximum absolute atomic E-state index is 12.1. The highest BCUT2D eigenvalue weighted by Gasteiger charge is 2.30. The van der Waals surface area contributed by atoms with Gasteiger partial charge in [-0.1, -0.05) is 0 Å². The molecule has 1 aliphatic rings. The first-order valence-electron chi connectivity index (χ1n) is 4.24. The lowest BCUT2D eigenvalue weighted by Crippen LogP contribution is -2.16. The number of hydrogen-bond donors (Lipinski definition) is 1. The minimum atomic E-state index is -4.29. The number of aromatic nitrogens is 2. The predicted molar refractivity (Wildman–Crippen MR) is 51.2 cm³/mol. The van der Waals surface area contributed by atoms with Crippen LogP contribution >= 0.6 is 11.8 Å². The first-order chi connectivity index (χ1) is 6.96. The van der Waals surface area contributed by atoms with E-state index in [-0.39, 0.29) is 11.6 Å². The van der Waals surface area contributed by atoms with Gasteiger partial charge < -0.3 is 5.73 Å². The molecule has 3 nitrogen and oxygen atoms in total. The van der Waals surface area contributed by atoms with E-state index < -0.39 is 12.6 Å². The van der Waals surface area contributed by atoms with Gasteiger partial charge in [0.25, 0.3) is 0 Å². The van der Waals surface area contributed by atoms with Gasteiger partial charge in [-0.15, -0.1) is 0 Å². The summed E-state index contributed by atoms with van der Waals surface area (Å²) >= 11 is 1.58. The Hall–Kier alpha value is -0.980. The van der Waals surface area contributed by atoms with E-state index in [9.17, 15) is 13.2 Å². The molecule has 82 valence electrons. The highest BCUT2D eigenvalue weighted by Crippen LogP contribution is 2.32. The summed E-state index contributed by atoms with van der Waals surface area (Å²) in [5.41, 5.74) is 6.99. The number of nitrogen functional groups attached to an aromatic ring is 1. The summed E-state index contributed by atoms with van der Waals surface area (Å²) in [4.78, 5) is 7.53. The van der Waals surface area contributed by atoms with E-state index in [1.165, 1.54) is 0 Å². The number of nitrogens with zero attached hydrogens (tertiary/aromatic N) is 2. The van der Waals surface area contributed by atoms with E-state index in [2.05, 4.69) is 9.97 Å². The van der Waals surface area contributed by atoms with E-state index in [4.69, 9.17) is 5.73 Å². The van der Waals surface area contributed by atoms with E-state index in [1.807, 2.05) is 0 Å². The lowest BCUT2D eigenvalue weighted by molar-refractivity contribution is -0.128. The minimum Gasteiger partial charge on any atom is -0.383 e. The molecule has 1 aromatic heterocycles. The molecular weight excluding hydrogens is 227 g/mol. The molecule has 0 aromatic carbocycles. The van der Waals surface area contributed by atoms with Gasteiger partial charge in [-0.2, -0.15) is 24.9 Å². The van der Waals surface area contributed by atoms with Gasteiger partial charge in [0.2, 0.25) is 0 Å². The van der Waals surface area contributed by atoms with Crippen LogP contribution in [0.3, 0.4) is 0 Å². The predicted octanol–water partition coefficient (Wildman–Crippen LogP) is 1.91. The van der Waals surface area contributed by atoms with Crippen LogP contribution in [0.5, 0.6) is 0 Å². The Morgan fingerprint density at radius 3 is 2.67 bits per heavy atom. The normalized spacial score (nSPS) is 15.4. The van der Waals surface area contributed by atoms with Crippen molar-refractivity contribution in [2.75, 3.05) is 5.73 Å². The third-order valence-corrected chi connectivity index (χ3v) is 2.99. The Kier molecular flexibility index (Phi) is 2.49. The van der Waals surface area contributed by atoms with Crippen molar-refractivity contribution < 1.29 is 13.2 Å². The maximum atomic E-state index is 12.1. The molecule has 0 bridgehead atoms. The highest BCUT2D eigenvalue weighted by molar-refractivity contribution is 7.98.